The van der Waals surface area contributed by atoms with Crippen LogP contribution >= 0.6 is 0 Å². The minimum Gasteiger partial charge on any atom is -0.497 e. The van der Waals surface area contributed by atoms with Gasteiger partial charge in [-0.3, -0.25) is 4.79 Å². The van der Waals surface area contributed by atoms with Crippen molar-refractivity contribution in [2.24, 2.45) is 0 Å². The topological polar surface area (TPSA) is 64.4 Å². The molecule has 0 saturated heterocycles. The molecule has 0 saturated carbocycles. The molecule has 118 valence electrons. The Morgan fingerprint density at radius 2 is 2.13 bits per heavy atom. The minimum atomic E-state index is -0.121. The summed E-state index contributed by atoms with van der Waals surface area (Å²) in [6, 6.07) is 13.1. The summed E-state index contributed by atoms with van der Waals surface area (Å²) in [7, 11) is 1.64. The van der Waals surface area contributed by atoms with E-state index in [0.29, 0.717) is 23.6 Å². The Hall–Kier alpha value is -2.82. The molecule has 0 spiro atoms. The normalized spacial score (nSPS) is 10.7. The van der Waals surface area contributed by atoms with Crippen molar-refractivity contribution in [2.45, 2.75) is 13.3 Å². The average molecular weight is 310 g/mol. The molecule has 2 aromatic carbocycles. The molecule has 0 fully saturated rings. The Kier molecular flexibility index (Phi) is 4.28. The number of aromatic nitrogens is 1. The second-order valence-corrected chi connectivity index (χ2v) is 5.27. The number of ether oxygens (including phenoxy) is 1. The molecule has 1 N–H and O–H groups in total. The molecule has 1 heterocycles. The predicted molar refractivity (Wildman–Crippen MR) is 87.8 cm³/mol. The fourth-order valence-electron chi connectivity index (χ4n) is 2.43. The van der Waals surface area contributed by atoms with Crippen molar-refractivity contribution in [1.82, 2.24) is 10.3 Å². The number of nitrogens with zero attached hydrogens (tertiary/aromatic N) is 1. The van der Waals surface area contributed by atoms with E-state index in [1.165, 1.54) is 0 Å². The monoisotopic (exact) mass is 310 g/mol. The van der Waals surface area contributed by atoms with Gasteiger partial charge >= 0.3 is 0 Å². The van der Waals surface area contributed by atoms with Crippen LogP contribution in [0.2, 0.25) is 0 Å². The summed E-state index contributed by atoms with van der Waals surface area (Å²) in [5.41, 5.74) is 3.07. The molecular weight excluding hydrogens is 292 g/mol. The van der Waals surface area contributed by atoms with Crippen molar-refractivity contribution in [3.63, 3.8) is 0 Å². The van der Waals surface area contributed by atoms with E-state index < -0.39 is 0 Å². The average Bonchev–Trinajstić information content (AvgIpc) is 2.94. The fraction of sp³-hybridized carbons (Fsp3) is 0.222. The first-order valence-electron chi connectivity index (χ1n) is 7.44. The number of rotatable bonds is 5. The predicted octanol–water partition coefficient (Wildman–Crippen LogP) is 3.12. The van der Waals surface area contributed by atoms with Crippen LogP contribution in [-0.2, 0) is 6.42 Å². The molecule has 0 aliphatic carbocycles. The highest BCUT2D eigenvalue weighted by atomic mass is 16.5. The van der Waals surface area contributed by atoms with E-state index in [1.807, 2.05) is 24.3 Å². The first kappa shape index (κ1) is 15.1. The maximum Gasteiger partial charge on any atom is 0.251 e. The zero-order valence-corrected chi connectivity index (χ0v) is 13.1. The first-order chi connectivity index (χ1) is 11.2. The van der Waals surface area contributed by atoms with E-state index in [2.05, 4.69) is 10.3 Å². The van der Waals surface area contributed by atoms with E-state index in [-0.39, 0.29) is 5.91 Å². The van der Waals surface area contributed by atoms with E-state index in [9.17, 15) is 4.79 Å². The van der Waals surface area contributed by atoms with Gasteiger partial charge in [0.15, 0.2) is 11.5 Å². The van der Waals surface area contributed by atoms with Crippen LogP contribution in [0, 0.1) is 6.92 Å². The molecule has 0 radical (unpaired) electrons. The van der Waals surface area contributed by atoms with Gasteiger partial charge in [-0.1, -0.05) is 12.1 Å². The van der Waals surface area contributed by atoms with Gasteiger partial charge in [0.05, 0.1) is 7.11 Å². The molecule has 3 rings (SSSR count). The molecule has 0 unspecified atom stereocenters. The van der Waals surface area contributed by atoms with E-state index in [1.54, 1.807) is 32.2 Å². The molecule has 0 bridgehead atoms. The standard InChI is InChI=1S/C18H18N2O3/c1-12-20-16-7-6-14(11-17(16)23-12)18(21)19-9-8-13-4-3-5-15(10-13)22-2/h3-7,10-11H,8-9H2,1-2H3,(H,19,21). The van der Waals surface area contributed by atoms with Crippen LogP contribution in [-0.4, -0.2) is 24.5 Å². The Labute approximate surface area is 134 Å². The van der Waals surface area contributed by atoms with Gasteiger partial charge in [-0.15, -0.1) is 0 Å². The Morgan fingerprint density at radius 3 is 2.96 bits per heavy atom. The van der Waals surface area contributed by atoms with Gasteiger partial charge in [-0.05, 0) is 42.3 Å². The van der Waals surface area contributed by atoms with Crippen molar-refractivity contribution in [3.05, 3.63) is 59.5 Å². The number of oxazole rings is 1. The lowest BCUT2D eigenvalue weighted by molar-refractivity contribution is 0.0954. The van der Waals surface area contributed by atoms with Crippen LogP contribution in [0.5, 0.6) is 5.75 Å². The lowest BCUT2D eigenvalue weighted by Crippen LogP contribution is -2.25. The summed E-state index contributed by atoms with van der Waals surface area (Å²) in [4.78, 5) is 16.4. The van der Waals surface area contributed by atoms with Gasteiger partial charge in [0.25, 0.3) is 5.91 Å². The number of hydrogen-bond acceptors (Lipinski definition) is 4. The zero-order chi connectivity index (χ0) is 16.2. The summed E-state index contributed by atoms with van der Waals surface area (Å²) in [5, 5.41) is 2.91. The largest absolute Gasteiger partial charge is 0.497 e. The number of benzene rings is 2. The van der Waals surface area contributed by atoms with Crippen LogP contribution in [0.25, 0.3) is 11.1 Å². The molecule has 23 heavy (non-hydrogen) atoms. The van der Waals surface area contributed by atoms with Crippen LogP contribution < -0.4 is 10.1 Å². The number of hydrogen-bond donors (Lipinski definition) is 1. The lowest BCUT2D eigenvalue weighted by atomic mass is 10.1. The SMILES string of the molecule is COc1cccc(CCNC(=O)c2ccc3nc(C)oc3c2)c1. The van der Waals surface area contributed by atoms with Crippen LogP contribution in [0.3, 0.4) is 0 Å². The van der Waals surface area contributed by atoms with Crippen molar-refractivity contribution >= 4 is 17.0 Å². The molecule has 0 aliphatic rings. The highest BCUT2D eigenvalue weighted by molar-refractivity contribution is 5.97. The van der Waals surface area contributed by atoms with Gasteiger partial charge < -0.3 is 14.5 Å². The van der Waals surface area contributed by atoms with Gasteiger partial charge in [0.2, 0.25) is 0 Å². The van der Waals surface area contributed by atoms with Crippen LogP contribution in [0.1, 0.15) is 21.8 Å². The van der Waals surface area contributed by atoms with Crippen molar-refractivity contribution in [1.29, 1.82) is 0 Å². The van der Waals surface area contributed by atoms with Crippen molar-refractivity contribution < 1.29 is 13.9 Å². The Morgan fingerprint density at radius 1 is 1.26 bits per heavy atom. The smallest absolute Gasteiger partial charge is 0.251 e. The lowest BCUT2D eigenvalue weighted by Gasteiger charge is -2.07. The minimum absolute atomic E-state index is 0.121. The highest BCUT2D eigenvalue weighted by Gasteiger charge is 2.09. The van der Waals surface area contributed by atoms with Crippen molar-refractivity contribution in [2.75, 3.05) is 13.7 Å². The Bertz CT molecular complexity index is 839. The number of carbonyl (C=O) groups excluding carboxylic acids is 1. The van der Waals surface area contributed by atoms with Gasteiger partial charge in [-0.25, -0.2) is 4.98 Å². The number of methoxy groups -OCH3 is 1. The number of amides is 1. The van der Waals surface area contributed by atoms with Gasteiger partial charge in [0.1, 0.15) is 11.3 Å². The fourth-order valence-corrected chi connectivity index (χ4v) is 2.43. The summed E-state index contributed by atoms with van der Waals surface area (Å²) in [6.45, 7) is 2.34. The van der Waals surface area contributed by atoms with Gasteiger partial charge in [0, 0.05) is 19.0 Å². The summed E-state index contributed by atoms with van der Waals surface area (Å²) in [6.07, 6.45) is 0.743. The number of nitrogens with one attached hydrogen (secondary N) is 1. The maximum absolute atomic E-state index is 12.2. The molecule has 1 amide bonds. The van der Waals surface area contributed by atoms with Crippen LogP contribution in [0.15, 0.2) is 46.9 Å². The van der Waals surface area contributed by atoms with E-state index in [4.69, 9.17) is 9.15 Å². The molecule has 3 aromatic rings. The number of fused-ring (bicyclic) bond motifs is 1. The van der Waals surface area contributed by atoms with E-state index >= 15 is 0 Å². The molecule has 0 aliphatic heterocycles. The second kappa shape index (κ2) is 6.52. The van der Waals surface area contributed by atoms with Gasteiger partial charge in [-0.2, -0.15) is 0 Å². The highest BCUT2D eigenvalue weighted by Crippen LogP contribution is 2.17. The Balaban J connectivity index is 1.61. The number of aryl methyl sites for hydroxylation is 1. The quantitative estimate of drug-likeness (QED) is 0.786. The summed E-state index contributed by atoms with van der Waals surface area (Å²) in [5.74, 6) is 1.29. The zero-order valence-electron chi connectivity index (χ0n) is 13.1. The summed E-state index contributed by atoms with van der Waals surface area (Å²) < 4.78 is 10.6. The molecule has 5 heteroatoms. The first-order valence-corrected chi connectivity index (χ1v) is 7.44. The molecule has 0 atom stereocenters. The third-order valence-corrected chi connectivity index (χ3v) is 3.59. The second-order valence-electron chi connectivity index (χ2n) is 5.27. The molecular formula is C18H18N2O3. The maximum atomic E-state index is 12.2. The molecule has 1 aromatic heterocycles. The third-order valence-electron chi connectivity index (χ3n) is 3.59. The summed E-state index contributed by atoms with van der Waals surface area (Å²) >= 11 is 0. The van der Waals surface area contributed by atoms with E-state index in [0.717, 1.165) is 23.3 Å². The van der Waals surface area contributed by atoms with Crippen molar-refractivity contribution in [3.8, 4) is 5.75 Å². The van der Waals surface area contributed by atoms with Crippen LogP contribution in [0.4, 0.5) is 0 Å². The number of carbonyl (C=O) groups is 1. The molecule has 5 nitrogen and oxygen atoms in total. The third kappa shape index (κ3) is 3.51.